The SMILES string of the molecule is Cc1cc(-c2ccc(OCC(=O)NC(C)c3nccs3)c(CN3CCOCC3)c2)c2ccccc2n1. The van der Waals surface area contributed by atoms with Gasteiger partial charge in [-0.2, -0.15) is 0 Å². The quantitative estimate of drug-likeness (QED) is 0.375. The normalized spacial score (nSPS) is 15.1. The molecule has 1 unspecified atom stereocenters. The molecule has 2 aromatic heterocycles. The Hall–Kier alpha value is -3.33. The highest BCUT2D eigenvalue weighted by atomic mass is 32.1. The number of ether oxygens (including phenoxy) is 2. The fourth-order valence-corrected chi connectivity index (χ4v) is 5.14. The fourth-order valence-electron chi connectivity index (χ4n) is 4.49. The zero-order valence-corrected chi connectivity index (χ0v) is 21.4. The van der Waals surface area contributed by atoms with Gasteiger partial charge in [0, 0.05) is 47.9 Å². The molecule has 1 aliphatic heterocycles. The Balaban J connectivity index is 1.40. The molecule has 4 aromatic rings. The van der Waals surface area contributed by atoms with Crippen LogP contribution in [0, 0.1) is 6.92 Å². The van der Waals surface area contributed by atoms with Crippen molar-refractivity contribution in [1.29, 1.82) is 0 Å². The Kier molecular flexibility index (Phi) is 7.55. The molecule has 1 atom stereocenters. The van der Waals surface area contributed by atoms with Gasteiger partial charge in [0.25, 0.3) is 5.91 Å². The van der Waals surface area contributed by atoms with E-state index in [1.54, 1.807) is 6.20 Å². The lowest BCUT2D eigenvalue weighted by atomic mass is 9.98. The van der Waals surface area contributed by atoms with Crippen molar-refractivity contribution in [2.24, 2.45) is 0 Å². The summed E-state index contributed by atoms with van der Waals surface area (Å²) in [5.41, 5.74) is 5.25. The number of hydrogen-bond acceptors (Lipinski definition) is 7. The minimum atomic E-state index is -0.171. The molecule has 0 aliphatic carbocycles. The molecule has 0 radical (unpaired) electrons. The van der Waals surface area contributed by atoms with E-state index in [-0.39, 0.29) is 18.6 Å². The second-order valence-electron chi connectivity index (χ2n) is 8.99. The molecule has 7 nitrogen and oxygen atoms in total. The summed E-state index contributed by atoms with van der Waals surface area (Å²) >= 11 is 1.52. The monoisotopic (exact) mass is 502 g/mol. The largest absolute Gasteiger partial charge is 0.483 e. The van der Waals surface area contributed by atoms with Crippen LogP contribution in [0.15, 0.2) is 60.1 Å². The van der Waals surface area contributed by atoms with Gasteiger partial charge < -0.3 is 14.8 Å². The smallest absolute Gasteiger partial charge is 0.258 e. The van der Waals surface area contributed by atoms with Crippen LogP contribution >= 0.6 is 11.3 Å². The van der Waals surface area contributed by atoms with Gasteiger partial charge in [-0.3, -0.25) is 14.7 Å². The number of morpholine rings is 1. The molecule has 36 heavy (non-hydrogen) atoms. The van der Waals surface area contributed by atoms with E-state index in [1.807, 2.05) is 43.5 Å². The van der Waals surface area contributed by atoms with Gasteiger partial charge >= 0.3 is 0 Å². The summed E-state index contributed by atoms with van der Waals surface area (Å²) in [6, 6.07) is 16.4. The number of fused-ring (bicyclic) bond motifs is 1. The topological polar surface area (TPSA) is 76.6 Å². The number of thiazole rings is 1. The first kappa shape index (κ1) is 24.4. The molecule has 0 bridgehead atoms. The van der Waals surface area contributed by atoms with E-state index in [0.717, 1.165) is 76.9 Å². The van der Waals surface area contributed by atoms with Gasteiger partial charge in [0.05, 0.1) is 24.8 Å². The number of rotatable bonds is 8. The summed E-state index contributed by atoms with van der Waals surface area (Å²) < 4.78 is 11.6. The predicted molar refractivity (Wildman–Crippen MR) is 142 cm³/mol. The summed E-state index contributed by atoms with van der Waals surface area (Å²) in [7, 11) is 0. The number of carbonyl (C=O) groups is 1. The maximum atomic E-state index is 12.6. The Morgan fingerprint density at radius 1 is 1.19 bits per heavy atom. The van der Waals surface area contributed by atoms with Crippen LogP contribution in [0.4, 0.5) is 0 Å². The summed E-state index contributed by atoms with van der Waals surface area (Å²) in [5.74, 6) is 0.548. The van der Waals surface area contributed by atoms with Crippen molar-refractivity contribution in [3.63, 3.8) is 0 Å². The standard InChI is InChI=1S/C28H30N4O3S/c1-19-15-24(23-5-3-4-6-25(23)30-19)21-7-8-26(22(16-21)17-32-10-12-34-13-11-32)35-18-27(33)31-20(2)28-29-9-14-36-28/h3-9,14-16,20H,10-13,17-18H2,1-2H3,(H,31,33). The van der Waals surface area contributed by atoms with Crippen LogP contribution in [-0.2, 0) is 16.1 Å². The zero-order valence-electron chi connectivity index (χ0n) is 20.6. The summed E-state index contributed by atoms with van der Waals surface area (Å²) in [6.45, 7) is 7.81. The number of para-hydroxylation sites is 1. The highest BCUT2D eigenvalue weighted by Crippen LogP contribution is 2.33. The van der Waals surface area contributed by atoms with Crippen LogP contribution in [0.1, 0.15) is 29.2 Å². The molecule has 1 saturated heterocycles. The number of benzene rings is 2. The molecular weight excluding hydrogens is 472 g/mol. The van der Waals surface area contributed by atoms with E-state index >= 15 is 0 Å². The number of carbonyl (C=O) groups excluding carboxylic acids is 1. The van der Waals surface area contributed by atoms with Crippen LogP contribution in [0.2, 0.25) is 0 Å². The second-order valence-corrected chi connectivity index (χ2v) is 9.91. The van der Waals surface area contributed by atoms with Gasteiger partial charge in [-0.25, -0.2) is 4.98 Å². The van der Waals surface area contributed by atoms with Gasteiger partial charge in [0.1, 0.15) is 10.8 Å². The van der Waals surface area contributed by atoms with E-state index in [9.17, 15) is 4.79 Å². The predicted octanol–water partition coefficient (Wildman–Crippen LogP) is 4.76. The van der Waals surface area contributed by atoms with Crippen LogP contribution in [0.5, 0.6) is 5.75 Å². The lowest BCUT2D eigenvalue weighted by Gasteiger charge is -2.27. The molecule has 2 aromatic carbocycles. The molecule has 1 fully saturated rings. The Labute approximate surface area is 215 Å². The zero-order chi connectivity index (χ0) is 24.9. The third kappa shape index (κ3) is 5.73. The van der Waals surface area contributed by atoms with Crippen LogP contribution < -0.4 is 10.1 Å². The van der Waals surface area contributed by atoms with Crippen molar-refractivity contribution in [3.8, 4) is 16.9 Å². The number of nitrogens with one attached hydrogen (secondary N) is 1. The van der Waals surface area contributed by atoms with Crippen molar-refractivity contribution in [2.75, 3.05) is 32.9 Å². The van der Waals surface area contributed by atoms with Crippen LogP contribution in [-0.4, -0.2) is 53.7 Å². The number of hydrogen-bond donors (Lipinski definition) is 1. The van der Waals surface area contributed by atoms with Gasteiger partial charge in [-0.15, -0.1) is 11.3 Å². The molecule has 3 heterocycles. The van der Waals surface area contributed by atoms with E-state index in [0.29, 0.717) is 0 Å². The molecule has 0 saturated carbocycles. The second kappa shape index (κ2) is 11.2. The minimum Gasteiger partial charge on any atom is -0.483 e. The molecule has 1 amide bonds. The van der Waals surface area contributed by atoms with E-state index < -0.39 is 0 Å². The third-order valence-electron chi connectivity index (χ3n) is 6.27. The van der Waals surface area contributed by atoms with Gasteiger partial charge in [0.2, 0.25) is 0 Å². The molecule has 186 valence electrons. The average molecular weight is 503 g/mol. The van der Waals surface area contributed by atoms with E-state index in [4.69, 9.17) is 14.5 Å². The number of pyridine rings is 1. The maximum absolute atomic E-state index is 12.6. The van der Waals surface area contributed by atoms with Crippen molar-refractivity contribution in [1.82, 2.24) is 20.2 Å². The van der Waals surface area contributed by atoms with Crippen molar-refractivity contribution in [3.05, 3.63) is 76.4 Å². The number of aromatic nitrogens is 2. The highest BCUT2D eigenvalue weighted by molar-refractivity contribution is 7.09. The van der Waals surface area contributed by atoms with Crippen LogP contribution in [0.25, 0.3) is 22.0 Å². The Bertz CT molecular complexity index is 1340. The summed E-state index contributed by atoms with van der Waals surface area (Å²) in [5, 5.41) is 6.86. The van der Waals surface area contributed by atoms with Crippen molar-refractivity contribution in [2.45, 2.75) is 26.4 Å². The van der Waals surface area contributed by atoms with Gasteiger partial charge in [0.15, 0.2) is 6.61 Å². The van der Waals surface area contributed by atoms with Gasteiger partial charge in [-0.05, 0) is 49.2 Å². The van der Waals surface area contributed by atoms with Crippen molar-refractivity contribution >= 4 is 28.1 Å². The highest BCUT2D eigenvalue weighted by Gasteiger charge is 2.17. The molecule has 1 N–H and O–H groups in total. The number of nitrogens with zero attached hydrogens (tertiary/aromatic N) is 3. The van der Waals surface area contributed by atoms with E-state index in [2.05, 4.69) is 39.5 Å². The molecular formula is C28H30N4O3S. The maximum Gasteiger partial charge on any atom is 0.258 e. The number of aryl methyl sites for hydroxylation is 1. The van der Waals surface area contributed by atoms with Crippen LogP contribution in [0.3, 0.4) is 0 Å². The van der Waals surface area contributed by atoms with E-state index in [1.165, 1.54) is 11.3 Å². The summed E-state index contributed by atoms with van der Waals surface area (Å²) in [4.78, 5) is 23.9. The average Bonchev–Trinajstić information content (AvgIpc) is 3.43. The lowest BCUT2D eigenvalue weighted by molar-refractivity contribution is -0.123. The number of amides is 1. The first-order valence-electron chi connectivity index (χ1n) is 12.2. The third-order valence-corrected chi connectivity index (χ3v) is 7.23. The summed E-state index contributed by atoms with van der Waals surface area (Å²) in [6.07, 6.45) is 1.74. The minimum absolute atomic E-state index is 0.0531. The Morgan fingerprint density at radius 3 is 2.83 bits per heavy atom. The van der Waals surface area contributed by atoms with Crippen molar-refractivity contribution < 1.29 is 14.3 Å². The molecule has 8 heteroatoms. The fraction of sp³-hybridized carbons (Fsp3) is 0.321. The first-order valence-corrected chi connectivity index (χ1v) is 13.1. The van der Waals surface area contributed by atoms with Gasteiger partial charge in [-0.1, -0.05) is 24.3 Å². The first-order chi connectivity index (χ1) is 17.6. The Morgan fingerprint density at radius 2 is 2.03 bits per heavy atom. The molecule has 0 spiro atoms. The lowest BCUT2D eigenvalue weighted by Crippen LogP contribution is -2.36. The molecule has 1 aliphatic rings. The molecule has 5 rings (SSSR count).